The van der Waals surface area contributed by atoms with Gasteiger partial charge in [-0.25, -0.2) is 0 Å². The number of fused-ring (bicyclic) bond motifs is 1. The van der Waals surface area contributed by atoms with Crippen LogP contribution in [0, 0.1) is 6.92 Å². The van der Waals surface area contributed by atoms with Crippen molar-refractivity contribution in [3.63, 3.8) is 0 Å². The van der Waals surface area contributed by atoms with Crippen molar-refractivity contribution in [1.29, 1.82) is 0 Å². The van der Waals surface area contributed by atoms with Gasteiger partial charge in [0.1, 0.15) is 0 Å². The Morgan fingerprint density at radius 2 is 1.59 bits per heavy atom. The van der Waals surface area contributed by atoms with Crippen LogP contribution in [0.2, 0.25) is 0 Å². The van der Waals surface area contributed by atoms with Crippen LogP contribution in [0.4, 0.5) is 0 Å². The number of aromatic nitrogens is 1. The van der Waals surface area contributed by atoms with Crippen molar-refractivity contribution in [3.05, 3.63) is 35.7 Å². The largest absolute Gasteiger partial charge is 0.361 e. The molecule has 1 saturated carbocycles. The number of aromatic amines is 1. The summed E-state index contributed by atoms with van der Waals surface area (Å²) in [7, 11) is 0. The molecule has 0 bridgehead atoms. The highest BCUT2D eigenvalue weighted by molar-refractivity contribution is 5.88. The molecule has 1 N–H and O–H groups in total. The van der Waals surface area contributed by atoms with E-state index in [1.165, 1.54) is 60.7 Å². The third-order valence-corrected chi connectivity index (χ3v) is 4.21. The zero-order valence-electron chi connectivity index (χ0n) is 10.6. The molecule has 0 radical (unpaired) electrons. The van der Waals surface area contributed by atoms with Crippen LogP contribution in [0.5, 0.6) is 0 Å². The molecule has 1 aromatic heterocycles. The van der Waals surface area contributed by atoms with Gasteiger partial charge in [0.25, 0.3) is 0 Å². The van der Waals surface area contributed by atoms with Gasteiger partial charge in [-0.1, -0.05) is 49.9 Å². The Bertz CT molecular complexity index is 501. The Kier molecular flexibility index (Phi) is 2.92. The molecular formula is C16H21N. The summed E-state index contributed by atoms with van der Waals surface area (Å²) < 4.78 is 0. The van der Waals surface area contributed by atoms with Gasteiger partial charge in [0.2, 0.25) is 0 Å². The number of aryl methyl sites for hydroxylation is 1. The predicted molar refractivity (Wildman–Crippen MR) is 73.5 cm³/mol. The first-order chi connectivity index (χ1) is 8.36. The van der Waals surface area contributed by atoms with Gasteiger partial charge in [-0.2, -0.15) is 0 Å². The summed E-state index contributed by atoms with van der Waals surface area (Å²) in [5, 5.41) is 2.86. The lowest BCUT2D eigenvalue weighted by molar-refractivity contribution is 0.583. The number of H-pyrrole nitrogens is 1. The average Bonchev–Trinajstić information content (AvgIpc) is 2.57. The molecule has 1 heterocycles. The van der Waals surface area contributed by atoms with Gasteiger partial charge in [0.05, 0.1) is 0 Å². The molecule has 3 rings (SSSR count). The van der Waals surface area contributed by atoms with Crippen molar-refractivity contribution in [3.8, 4) is 0 Å². The smallest absolute Gasteiger partial charge is 0.0260 e. The van der Waals surface area contributed by atoms with E-state index >= 15 is 0 Å². The minimum absolute atomic E-state index is 0.760. The second kappa shape index (κ2) is 4.56. The molecule has 0 aliphatic heterocycles. The van der Waals surface area contributed by atoms with E-state index in [0.29, 0.717) is 0 Å². The molecular weight excluding hydrogens is 206 g/mol. The fourth-order valence-electron chi connectivity index (χ4n) is 3.27. The standard InChI is InChI=1S/C16H21N/c1-12-14-10-6-7-11-15(14)16(17-12)13-8-4-2-3-5-9-13/h6-7,10-11,13,17H,2-5,8-9H2,1H3. The van der Waals surface area contributed by atoms with Gasteiger partial charge < -0.3 is 4.98 Å². The minimum Gasteiger partial charge on any atom is -0.361 e. The van der Waals surface area contributed by atoms with E-state index < -0.39 is 0 Å². The van der Waals surface area contributed by atoms with Crippen LogP contribution in [0.15, 0.2) is 24.3 Å². The van der Waals surface area contributed by atoms with Crippen molar-refractivity contribution in [2.75, 3.05) is 0 Å². The fraction of sp³-hybridized carbons (Fsp3) is 0.500. The van der Waals surface area contributed by atoms with Gasteiger partial charge in [-0.15, -0.1) is 0 Å². The number of benzene rings is 1. The quantitative estimate of drug-likeness (QED) is 0.666. The Morgan fingerprint density at radius 1 is 0.941 bits per heavy atom. The zero-order valence-corrected chi connectivity index (χ0v) is 10.6. The highest BCUT2D eigenvalue weighted by Crippen LogP contribution is 2.35. The van der Waals surface area contributed by atoms with Gasteiger partial charge in [-0.05, 0) is 25.7 Å². The lowest BCUT2D eigenvalue weighted by Crippen LogP contribution is -1.98. The molecule has 0 unspecified atom stereocenters. The lowest BCUT2D eigenvalue weighted by atomic mass is 9.94. The molecule has 1 aliphatic carbocycles. The molecule has 0 atom stereocenters. The molecule has 2 aromatic rings. The molecule has 90 valence electrons. The average molecular weight is 227 g/mol. The molecule has 0 saturated heterocycles. The first kappa shape index (κ1) is 10.9. The van der Waals surface area contributed by atoms with Crippen LogP contribution in [0.25, 0.3) is 10.8 Å². The van der Waals surface area contributed by atoms with Gasteiger partial charge >= 0.3 is 0 Å². The van der Waals surface area contributed by atoms with Crippen LogP contribution in [-0.4, -0.2) is 4.98 Å². The molecule has 0 spiro atoms. The molecule has 1 heteroatoms. The topological polar surface area (TPSA) is 15.8 Å². The summed E-state index contributed by atoms with van der Waals surface area (Å²) in [5.74, 6) is 0.760. The molecule has 1 fully saturated rings. The summed E-state index contributed by atoms with van der Waals surface area (Å²) in [4.78, 5) is 3.65. The lowest BCUT2D eigenvalue weighted by Gasteiger charge is -2.13. The zero-order chi connectivity index (χ0) is 11.7. The van der Waals surface area contributed by atoms with Crippen LogP contribution >= 0.6 is 0 Å². The third kappa shape index (κ3) is 1.99. The van der Waals surface area contributed by atoms with Crippen molar-refractivity contribution >= 4 is 10.8 Å². The van der Waals surface area contributed by atoms with Crippen LogP contribution in [0.3, 0.4) is 0 Å². The Balaban J connectivity index is 2.04. The minimum atomic E-state index is 0.760. The van der Waals surface area contributed by atoms with E-state index in [1.54, 1.807) is 0 Å². The second-order valence-electron chi connectivity index (χ2n) is 5.40. The van der Waals surface area contributed by atoms with E-state index in [9.17, 15) is 0 Å². The maximum absolute atomic E-state index is 3.65. The molecule has 0 amide bonds. The van der Waals surface area contributed by atoms with Gasteiger partial charge in [-0.3, -0.25) is 0 Å². The summed E-state index contributed by atoms with van der Waals surface area (Å²) in [5.41, 5.74) is 2.83. The Labute approximate surface area is 103 Å². The van der Waals surface area contributed by atoms with Crippen LogP contribution < -0.4 is 0 Å². The predicted octanol–water partition coefficient (Wildman–Crippen LogP) is 4.91. The van der Waals surface area contributed by atoms with E-state index in [-0.39, 0.29) is 0 Å². The first-order valence-electron chi connectivity index (χ1n) is 6.93. The second-order valence-corrected chi connectivity index (χ2v) is 5.40. The summed E-state index contributed by atoms with van der Waals surface area (Å²) in [6, 6.07) is 8.82. The molecule has 1 aliphatic rings. The molecule has 1 nitrogen and oxygen atoms in total. The maximum atomic E-state index is 3.65. The van der Waals surface area contributed by atoms with Crippen LogP contribution in [-0.2, 0) is 0 Å². The maximum Gasteiger partial charge on any atom is 0.0260 e. The van der Waals surface area contributed by atoms with Crippen LogP contribution in [0.1, 0.15) is 55.8 Å². The number of nitrogens with one attached hydrogen (secondary N) is 1. The summed E-state index contributed by atoms with van der Waals surface area (Å²) in [6.07, 6.45) is 8.38. The van der Waals surface area contributed by atoms with Gasteiger partial charge in [0, 0.05) is 22.2 Å². The SMILES string of the molecule is Cc1[nH]c(C2CCCCCC2)c2ccccc12. The van der Waals surface area contributed by atoms with E-state index in [2.05, 4.69) is 36.2 Å². The molecule has 1 aromatic carbocycles. The fourth-order valence-corrected chi connectivity index (χ4v) is 3.27. The Morgan fingerprint density at radius 3 is 2.29 bits per heavy atom. The van der Waals surface area contributed by atoms with Gasteiger partial charge in [0.15, 0.2) is 0 Å². The number of hydrogen-bond donors (Lipinski definition) is 1. The monoisotopic (exact) mass is 227 g/mol. The van der Waals surface area contributed by atoms with Crippen molar-refractivity contribution in [2.45, 2.75) is 51.4 Å². The van der Waals surface area contributed by atoms with Crippen molar-refractivity contribution < 1.29 is 0 Å². The third-order valence-electron chi connectivity index (χ3n) is 4.21. The Hall–Kier alpha value is -1.24. The van der Waals surface area contributed by atoms with Crippen molar-refractivity contribution in [2.24, 2.45) is 0 Å². The highest BCUT2D eigenvalue weighted by atomic mass is 14.7. The summed E-state index contributed by atoms with van der Waals surface area (Å²) in [6.45, 7) is 2.20. The van der Waals surface area contributed by atoms with E-state index in [4.69, 9.17) is 0 Å². The normalized spacial score (nSPS) is 18.4. The highest BCUT2D eigenvalue weighted by Gasteiger charge is 2.18. The van der Waals surface area contributed by atoms with E-state index in [0.717, 1.165) is 5.92 Å². The number of rotatable bonds is 1. The first-order valence-corrected chi connectivity index (χ1v) is 6.93. The number of hydrogen-bond acceptors (Lipinski definition) is 0. The summed E-state index contributed by atoms with van der Waals surface area (Å²) >= 11 is 0. The molecule has 17 heavy (non-hydrogen) atoms. The van der Waals surface area contributed by atoms with E-state index in [1.807, 2.05) is 0 Å². The van der Waals surface area contributed by atoms with Crippen molar-refractivity contribution in [1.82, 2.24) is 4.98 Å².